The summed E-state index contributed by atoms with van der Waals surface area (Å²) >= 11 is 13.9. The van der Waals surface area contributed by atoms with Gasteiger partial charge in [0, 0.05) is 32.3 Å². The molecular weight excluding hydrogens is 451 g/mol. The van der Waals surface area contributed by atoms with E-state index in [-0.39, 0.29) is 6.61 Å². The third-order valence-corrected chi connectivity index (χ3v) is 6.99. The highest BCUT2D eigenvalue weighted by Crippen LogP contribution is 2.40. The molecule has 0 aliphatic heterocycles. The summed E-state index contributed by atoms with van der Waals surface area (Å²) in [4.78, 5) is 5.95. The van der Waals surface area contributed by atoms with Gasteiger partial charge in [0.1, 0.15) is 17.7 Å². The summed E-state index contributed by atoms with van der Waals surface area (Å²) in [6.07, 6.45) is 6.02. The first-order valence-corrected chi connectivity index (χ1v) is 11.5. The van der Waals surface area contributed by atoms with Gasteiger partial charge in [-0.1, -0.05) is 35.3 Å². The van der Waals surface area contributed by atoms with Crippen molar-refractivity contribution in [3.8, 4) is 17.6 Å². The van der Waals surface area contributed by atoms with Crippen molar-refractivity contribution in [2.75, 3.05) is 7.11 Å². The number of nitriles is 1. The molecule has 0 spiro atoms. The Balaban J connectivity index is 1.63. The number of ether oxygens (including phenoxy) is 2. The van der Waals surface area contributed by atoms with Crippen molar-refractivity contribution in [3.63, 3.8) is 0 Å². The van der Waals surface area contributed by atoms with Gasteiger partial charge < -0.3 is 9.47 Å². The Bertz CT molecular complexity index is 1180. The molecule has 0 N–H and O–H groups in total. The van der Waals surface area contributed by atoms with Gasteiger partial charge >= 0.3 is 0 Å². The van der Waals surface area contributed by atoms with Crippen LogP contribution < -0.4 is 9.47 Å². The lowest BCUT2D eigenvalue weighted by Crippen LogP contribution is -2.01. The number of fused-ring (bicyclic) bond motifs is 1. The topological polar surface area (TPSA) is 54.6 Å². The van der Waals surface area contributed by atoms with E-state index in [1.165, 1.54) is 16.9 Å². The Kier molecular flexibility index (Phi) is 6.82. The molecule has 0 radical (unpaired) electrons. The van der Waals surface area contributed by atoms with Gasteiger partial charge in [0.05, 0.1) is 12.7 Å². The lowest BCUT2D eigenvalue weighted by Gasteiger charge is -2.14. The molecule has 1 heterocycles. The van der Waals surface area contributed by atoms with Crippen LogP contribution in [0.2, 0.25) is 10.0 Å². The van der Waals surface area contributed by atoms with E-state index in [4.69, 9.17) is 32.7 Å². The lowest BCUT2D eigenvalue weighted by molar-refractivity contribution is 0.284. The van der Waals surface area contributed by atoms with E-state index in [1.807, 2.05) is 24.3 Å². The molecule has 0 amide bonds. The first kappa shape index (κ1) is 21.7. The van der Waals surface area contributed by atoms with Crippen LogP contribution in [0.15, 0.2) is 41.4 Å². The number of hydrogen-bond acceptors (Lipinski definition) is 5. The van der Waals surface area contributed by atoms with Gasteiger partial charge in [0.15, 0.2) is 11.5 Å². The van der Waals surface area contributed by atoms with E-state index in [1.54, 1.807) is 36.8 Å². The van der Waals surface area contributed by atoms with E-state index in [0.29, 0.717) is 27.1 Å². The number of thiophene rings is 1. The fraction of sp³-hybridized carbons (Fsp3) is 0.250. The monoisotopic (exact) mass is 470 g/mol. The van der Waals surface area contributed by atoms with Gasteiger partial charge in [-0.15, -0.1) is 11.3 Å². The smallest absolute Gasteiger partial charge is 0.170 e. The Labute approximate surface area is 195 Å². The van der Waals surface area contributed by atoms with E-state index >= 15 is 0 Å². The zero-order valence-corrected chi connectivity index (χ0v) is 19.3. The van der Waals surface area contributed by atoms with Crippen molar-refractivity contribution in [1.82, 2.24) is 0 Å². The minimum atomic E-state index is 0.258. The highest BCUT2D eigenvalue weighted by molar-refractivity contribution is 7.16. The summed E-state index contributed by atoms with van der Waals surface area (Å²) in [6.45, 7) is 0.258. The zero-order chi connectivity index (χ0) is 21.8. The Morgan fingerprint density at radius 1 is 1.19 bits per heavy atom. The van der Waals surface area contributed by atoms with Crippen molar-refractivity contribution < 1.29 is 9.47 Å². The van der Waals surface area contributed by atoms with E-state index in [2.05, 4.69) is 11.1 Å². The normalized spacial score (nSPS) is 13.1. The van der Waals surface area contributed by atoms with Gasteiger partial charge in [-0.3, -0.25) is 0 Å². The Morgan fingerprint density at radius 2 is 2.03 bits per heavy atom. The van der Waals surface area contributed by atoms with Crippen LogP contribution in [0.4, 0.5) is 5.00 Å². The van der Waals surface area contributed by atoms with Crippen molar-refractivity contribution in [2.24, 2.45) is 4.99 Å². The number of benzene rings is 2. The van der Waals surface area contributed by atoms with Gasteiger partial charge in [0.2, 0.25) is 0 Å². The molecule has 1 aromatic heterocycles. The molecule has 0 unspecified atom stereocenters. The first-order chi connectivity index (χ1) is 15.1. The van der Waals surface area contributed by atoms with Crippen LogP contribution in [0.5, 0.6) is 11.5 Å². The molecule has 31 heavy (non-hydrogen) atoms. The van der Waals surface area contributed by atoms with Gasteiger partial charge in [-0.2, -0.15) is 5.26 Å². The summed E-state index contributed by atoms with van der Waals surface area (Å²) < 4.78 is 11.6. The summed E-state index contributed by atoms with van der Waals surface area (Å²) in [7, 11) is 1.60. The predicted octanol–water partition coefficient (Wildman–Crippen LogP) is 7.14. The molecule has 0 bridgehead atoms. The second-order valence-electron chi connectivity index (χ2n) is 7.16. The number of halogens is 2. The number of aryl methyl sites for hydroxylation is 1. The molecule has 7 heteroatoms. The van der Waals surface area contributed by atoms with Gasteiger partial charge in [-0.25, -0.2) is 4.99 Å². The molecule has 0 saturated heterocycles. The van der Waals surface area contributed by atoms with Crippen LogP contribution in [0.1, 0.15) is 40.0 Å². The number of para-hydroxylation sites is 1. The number of rotatable bonds is 6. The van der Waals surface area contributed by atoms with Crippen molar-refractivity contribution >= 4 is 45.8 Å². The van der Waals surface area contributed by atoms with Crippen LogP contribution in [0.25, 0.3) is 0 Å². The second-order valence-corrected chi connectivity index (χ2v) is 9.09. The predicted molar refractivity (Wildman–Crippen MR) is 127 cm³/mol. The van der Waals surface area contributed by atoms with E-state index in [0.717, 1.165) is 35.4 Å². The molecule has 0 fully saturated rings. The van der Waals surface area contributed by atoms with Crippen LogP contribution >= 0.6 is 34.5 Å². The highest BCUT2D eigenvalue weighted by Gasteiger charge is 2.20. The number of hydrogen-bond donors (Lipinski definition) is 0. The maximum atomic E-state index is 9.67. The highest BCUT2D eigenvalue weighted by atomic mass is 35.5. The molecular formula is C24H20Cl2N2O2S. The fourth-order valence-corrected chi connectivity index (χ4v) is 5.27. The molecule has 3 aromatic rings. The summed E-state index contributed by atoms with van der Waals surface area (Å²) in [5, 5.41) is 11.5. The maximum Gasteiger partial charge on any atom is 0.170 e. The summed E-state index contributed by atoms with van der Waals surface area (Å²) in [5.41, 5.74) is 3.46. The zero-order valence-electron chi connectivity index (χ0n) is 17.0. The summed E-state index contributed by atoms with van der Waals surface area (Å²) in [6, 6.07) is 13.3. The second kappa shape index (κ2) is 9.74. The van der Waals surface area contributed by atoms with E-state index in [9.17, 15) is 5.26 Å². The quantitative estimate of drug-likeness (QED) is 0.359. The molecule has 4 nitrogen and oxygen atoms in total. The standard InChI is InChI=1S/C24H20Cl2N2O2S/c1-29-21-7-4-5-15(23(21)30-14-16-9-10-17(25)11-20(16)26)13-28-24-19(12-27)18-6-2-3-8-22(18)31-24/h4-5,7,9-11,13H,2-3,6,8,14H2,1H3. The molecule has 1 aliphatic rings. The van der Waals surface area contributed by atoms with Crippen molar-refractivity contribution in [2.45, 2.75) is 32.3 Å². The molecule has 4 rings (SSSR count). The van der Waals surface area contributed by atoms with E-state index < -0.39 is 0 Å². The number of methoxy groups -OCH3 is 1. The average molecular weight is 471 g/mol. The number of nitrogens with zero attached hydrogens (tertiary/aromatic N) is 2. The molecule has 2 aromatic carbocycles. The SMILES string of the molecule is COc1cccc(C=Nc2sc3c(c2C#N)CCCC3)c1OCc1ccc(Cl)cc1Cl. The molecule has 1 aliphatic carbocycles. The molecule has 0 saturated carbocycles. The van der Waals surface area contributed by atoms with Gasteiger partial charge in [0.25, 0.3) is 0 Å². The van der Waals surface area contributed by atoms with Crippen LogP contribution in [-0.2, 0) is 19.4 Å². The fourth-order valence-electron chi connectivity index (χ4n) is 3.62. The largest absolute Gasteiger partial charge is 0.493 e. The van der Waals surface area contributed by atoms with Crippen molar-refractivity contribution in [3.05, 3.63) is 73.6 Å². The lowest BCUT2D eigenvalue weighted by atomic mass is 9.96. The third-order valence-electron chi connectivity index (χ3n) is 5.20. The average Bonchev–Trinajstić information content (AvgIpc) is 3.14. The van der Waals surface area contributed by atoms with Crippen LogP contribution in [0.3, 0.4) is 0 Å². The molecule has 0 atom stereocenters. The van der Waals surface area contributed by atoms with Gasteiger partial charge in [-0.05, 0) is 55.5 Å². The minimum Gasteiger partial charge on any atom is -0.493 e. The Hall–Kier alpha value is -2.52. The van der Waals surface area contributed by atoms with Crippen LogP contribution in [0, 0.1) is 11.3 Å². The minimum absolute atomic E-state index is 0.258. The number of aliphatic imine (C=N–C) groups is 1. The van der Waals surface area contributed by atoms with Crippen LogP contribution in [-0.4, -0.2) is 13.3 Å². The summed E-state index contributed by atoms with van der Waals surface area (Å²) in [5.74, 6) is 1.17. The Morgan fingerprint density at radius 3 is 2.81 bits per heavy atom. The van der Waals surface area contributed by atoms with Crippen molar-refractivity contribution in [1.29, 1.82) is 5.26 Å². The third kappa shape index (κ3) is 4.72. The maximum absolute atomic E-state index is 9.67. The molecule has 158 valence electrons. The first-order valence-electron chi connectivity index (χ1n) is 9.93.